The summed E-state index contributed by atoms with van der Waals surface area (Å²) in [6, 6.07) is 13.8. The molecular weight excluding hydrogens is 533 g/mol. The molecule has 1 aliphatic rings. The van der Waals surface area contributed by atoms with Crippen LogP contribution in [0.1, 0.15) is 101 Å². The summed E-state index contributed by atoms with van der Waals surface area (Å²) in [5.41, 5.74) is 1.67. The molecular formula is C33H43F3O5. The van der Waals surface area contributed by atoms with Crippen LogP contribution < -0.4 is 4.74 Å². The molecule has 1 saturated heterocycles. The van der Waals surface area contributed by atoms with Crippen molar-refractivity contribution in [1.29, 1.82) is 0 Å². The summed E-state index contributed by atoms with van der Waals surface area (Å²) in [6.07, 6.45) is 2.72. The molecule has 0 aliphatic carbocycles. The smallest absolute Gasteiger partial charge is 0.429 e. The third-order valence-corrected chi connectivity index (χ3v) is 7.52. The van der Waals surface area contributed by atoms with Gasteiger partial charge in [-0.25, -0.2) is 4.79 Å². The molecule has 2 aromatic rings. The van der Waals surface area contributed by atoms with Crippen molar-refractivity contribution in [2.24, 2.45) is 5.92 Å². The van der Waals surface area contributed by atoms with Gasteiger partial charge in [-0.3, -0.25) is 4.79 Å². The van der Waals surface area contributed by atoms with Crippen LogP contribution in [0.4, 0.5) is 13.2 Å². The van der Waals surface area contributed by atoms with E-state index < -0.39 is 36.2 Å². The number of alkyl halides is 3. The van der Waals surface area contributed by atoms with Gasteiger partial charge in [0.25, 0.3) is 0 Å². The number of unbranched alkanes of at least 4 members (excludes halogenated alkanes) is 8. The van der Waals surface area contributed by atoms with Crippen molar-refractivity contribution in [2.45, 2.75) is 109 Å². The molecule has 1 aliphatic heterocycles. The zero-order valence-electron chi connectivity index (χ0n) is 24.2. The van der Waals surface area contributed by atoms with E-state index in [1.165, 1.54) is 50.7 Å². The molecule has 3 atom stereocenters. The Bertz CT molecular complexity index is 1070. The van der Waals surface area contributed by atoms with Gasteiger partial charge in [0.2, 0.25) is 6.10 Å². The van der Waals surface area contributed by atoms with Gasteiger partial charge >= 0.3 is 18.1 Å². The second-order valence-electron chi connectivity index (χ2n) is 10.9. The minimum absolute atomic E-state index is 0.0113. The van der Waals surface area contributed by atoms with Crippen molar-refractivity contribution < 1.29 is 37.0 Å². The van der Waals surface area contributed by atoms with Gasteiger partial charge < -0.3 is 14.2 Å². The second-order valence-corrected chi connectivity index (χ2v) is 10.9. The molecule has 0 aromatic heterocycles. The molecule has 1 fully saturated rings. The molecule has 0 N–H and O–H groups in total. The van der Waals surface area contributed by atoms with E-state index in [4.69, 9.17) is 14.2 Å². The number of carbonyl (C=O) groups is 2. The Morgan fingerprint density at radius 1 is 0.854 bits per heavy atom. The normalized spacial score (nSPS) is 17.7. The third kappa shape index (κ3) is 10.4. The van der Waals surface area contributed by atoms with Crippen molar-refractivity contribution in [1.82, 2.24) is 0 Å². The van der Waals surface area contributed by atoms with Gasteiger partial charge in [0.1, 0.15) is 5.75 Å². The van der Waals surface area contributed by atoms with Crippen LogP contribution in [0.3, 0.4) is 0 Å². The Morgan fingerprint density at radius 3 is 2.00 bits per heavy atom. The van der Waals surface area contributed by atoms with E-state index in [0.29, 0.717) is 19.4 Å². The highest BCUT2D eigenvalue weighted by Gasteiger charge is 2.54. The minimum Gasteiger partial charge on any atom is -0.494 e. The number of ether oxygens (including phenoxy) is 3. The average molecular weight is 577 g/mol. The number of hydrogen-bond acceptors (Lipinski definition) is 5. The molecule has 8 heteroatoms. The number of hydrogen-bond donors (Lipinski definition) is 0. The number of cyclic esters (lactones) is 1. The Hall–Kier alpha value is -3.03. The SMILES string of the molecule is CCCCCCCCCCOc1ccc(-c2ccc(C(=O)O[C@H]([C@@H]3OC(=O)C[C@H]3CCCC)C(F)(F)F)cc2)cc1. The molecule has 0 unspecified atom stereocenters. The van der Waals surface area contributed by atoms with Crippen LogP contribution in [-0.2, 0) is 14.3 Å². The van der Waals surface area contributed by atoms with E-state index in [2.05, 4.69) is 6.92 Å². The molecule has 0 radical (unpaired) electrons. The van der Waals surface area contributed by atoms with Crippen LogP contribution in [-0.4, -0.2) is 36.9 Å². The van der Waals surface area contributed by atoms with E-state index in [1.807, 2.05) is 31.2 Å². The lowest BCUT2D eigenvalue weighted by atomic mass is 9.91. The fourth-order valence-electron chi connectivity index (χ4n) is 5.14. The maximum Gasteiger partial charge on any atom is 0.429 e. The molecule has 41 heavy (non-hydrogen) atoms. The lowest BCUT2D eigenvalue weighted by molar-refractivity contribution is -0.234. The van der Waals surface area contributed by atoms with Gasteiger partial charge in [-0.15, -0.1) is 0 Å². The fourth-order valence-corrected chi connectivity index (χ4v) is 5.14. The zero-order valence-corrected chi connectivity index (χ0v) is 24.2. The van der Waals surface area contributed by atoms with E-state index in [0.717, 1.165) is 36.1 Å². The quantitative estimate of drug-likeness (QED) is 0.139. The van der Waals surface area contributed by atoms with Gasteiger partial charge in [0.05, 0.1) is 18.6 Å². The highest BCUT2D eigenvalue weighted by Crippen LogP contribution is 2.37. The molecule has 3 rings (SSSR count). The molecule has 1 heterocycles. The summed E-state index contributed by atoms with van der Waals surface area (Å²) in [7, 11) is 0. The fraction of sp³-hybridized carbons (Fsp3) is 0.576. The second kappa shape index (κ2) is 16.4. The molecule has 0 saturated carbocycles. The average Bonchev–Trinajstić information content (AvgIpc) is 3.33. The van der Waals surface area contributed by atoms with Crippen molar-refractivity contribution in [3.8, 4) is 16.9 Å². The lowest BCUT2D eigenvalue weighted by Gasteiger charge is -2.28. The van der Waals surface area contributed by atoms with Crippen LogP contribution in [0.25, 0.3) is 11.1 Å². The maximum absolute atomic E-state index is 13.9. The standard InChI is InChI=1S/C33H43F3O5/c1-3-5-7-8-9-10-11-12-22-39-28-20-18-25(19-21-28)24-14-16-26(17-15-24)32(38)41-31(33(34,35)36)30-27(13-6-4-2)23-29(37)40-30/h14-21,27,30-31H,3-13,22-23H2,1-2H3/t27-,30-,31-/m1/s1. The topological polar surface area (TPSA) is 61.8 Å². The van der Waals surface area contributed by atoms with Crippen molar-refractivity contribution in [3.63, 3.8) is 0 Å². The summed E-state index contributed by atoms with van der Waals surface area (Å²) in [6.45, 7) is 4.81. The molecule has 0 bridgehead atoms. The molecule has 5 nitrogen and oxygen atoms in total. The summed E-state index contributed by atoms with van der Waals surface area (Å²) in [5.74, 6) is -1.67. The maximum atomic E-state index is 13.9. The highest BCUT2D eigenvalue weighted by molar-refractivity contribution is 5.90. The summed E-state index contributed by atoms with van der Waals surface area (Å²) in [4.78, 5) is 24.5. The Balaban J connectivity index is 1.52. The summed E-state index contributed by atoms with van der Waals surface area (Å²) >= 11 is 0. The number of carbonyl (C=O) groups excluding carboxylic acids is 2. The van der Waals surface area contributed by atoms with Gasteiger partial charge in [0.15, 0.2) is 6.10 Å². The highest BCUT2D eigenvalue weighted by atomic mass is 19.4. The first kappa shape index (κ1) is 32.5. The lowest BCUT2D eigenvalue weighted by Crippen LogP contribution is -2.46. The number of rotatable bonds is 17. The summed E-state index contributed by atoms with van der Waals surface area (Å²) in [5, 5.41) is 0. The predicted octanol–water partition coefficient (Wildman–Crippen LogP) is 9.08. The van der Waals surface area contributed by atoms with Crippen LogP contribution in [0.15, 0.2) is 48.5 Å². The minimum atomic E-state index is -4.87. The van der Waals surface area contributed by atoms with Crippen LogP contribution >= 0.6 is 0 Å². The van der Waals surface area contributed by atoms with Crippen LogP contribution in [0, 0.1) is 5.92 Å². The van der Waals surface area contributed by atoms with E-state index in [1.54, 1.807) is 12.1 Å². The number of esters is 2. The largest absolute Gasteiger partial charge is 0.494 e. The monoisotopic (exact) mass is 576 g/mol. The van der Waals surface area contributed by atoms with Crippen molar-refractivity contribution in [2.75, 3.05) is 6.61 Å². The molecule has 0 spiro atoms. The molecule has 2 aromatic carbocycles. The Kier molecular flexibility index (Phi) is 13.0. The van der Waals surface area contributed by atoms with Crippen molar-refractivity contribution >= 4 is 11.9 Å². The van der Waals surface area contributed by atoms with E-state index in [9.17, 15) is 22.8 Å². The van der Waals surface area contributed by atoms with E-state index in [-0.39, 0.29) is 12.0 Å². The summed E-state index contributed by atoms with van der Waals surface area (Å²) < 4.78 is 57.5. The first-order valence-electron chi connectivity index (χ1n) is 15.0. The van der Waals surface area contributed by atoms with Gasteiger partial charge in [-0.05, 0) is 48.2 Å². The zero-order chi connectivity index (χ0) is 29.7. The first-order valence-corrected chi connectivity index (χ1v) is 15.0. The Morgan fingerprint density at radius 2 is 1.41 bits per heavy atom. The molecule has 226 valence electrons. The third-order valence-electron chi connectivity index (χ3n) is 7.52. The number of halogens is 3. The van der Waals surface area contributed by atoms with Gasteiger partial charge in [-0.2, -0.15) is 13.2 Å². The van der Waals surface area contributed by atoms with Gasteiger partial charge in [0, 0.05) is 5.92 Å². The Labute approximate surface area is 241 Å². The van der Waals surface area contributed by atoms with E-state index >= 15 is 0 Å². The van der Waals surface area contributed by atoms with Crippen LogP contribution in [0.2, 0.25) is 0 Å². The molecule has 0 amide bonds. The van der Waals surface area contributed by atoms with Crippen molar-refractivity contribution in [3.05, 3.63) is 54.1 Å². The first-order chi connectivity index (χ1) is 19.7. The predicted molar refractivity (Wildman–Crippen MR) is 153 cm³/mol. The van der Waals surface area contributed by atoms with Gasteiger partial charge in [-0.1, -0.05) is 95.9 Å². The van der Waals surface area contributed by atoms with Crippen LogP contribution in [0.5, 0.6) is 5.75 Å². The number of benzene rings is 2.